The molecule has 1 aromatic heterocycles. The number of nitrogens with zero attached hydrogens (tertiary/aromatic N) is 4. The van der Waals surface area contributed by atoms with Gasteiger partial charge in [0.05, 0.1) is 6.54 Å². The molecule has 1 aromatic carbocycles. The van der Waals surface area contributed by atoms with Crippen LogP contribution >= 0.6 is 0 Å². The number of amides is 1. The summed E-state index contributed by atoms with van der Waals surface area (Å²) in [4.78, 5) is 38.8. The maximum atomic E-state index is 12.1. The molecule has 1 amide bonds. The first-order valence-electron chi connectivity index (χ1n) is 13.4. The minimum absolute atomic E-state index is 0. The molecule has 2 atom stereocenters. The first kappa shape index (κ1) is 32.8. The molecule has 2 aromatic rings. The van der Waals surface area contributed by atoms with Gasteiger partial charge in [-0.3, -0.25) is 9.69 Å². The first-order chi connectivity index (χ1) is 18.6. The number of aryl methyl sites for hydroxylation is 1. The highest BCUT2D eigenvalue weighted by molar-refractivity contribution is 5.83. The van der Waals surface area contributed by atoms with E-state index in [2.05, 4.69) is 64.7 Å². The monoisotopic (exact) mass is 562 g/mol. The smallest absolute Gasteiger partial charge is 0.335 e. The van der Waals surface area contributed by atoms with E-state index in [1.807, 2.05) is 4.90 Å². The number of rotatable bonds is 9. The maximum absolute atomic E-state index is 12.1. The molecule has 2 fully saturated rings. The van der Waals surface area contributed by atoms with Gasteiger partial charge >= 0.3 is 11.9 Å². The zero-order chi connectivity index (χ0) is 28.5. The number of aliphatic hydroxyl groups excluding tert-OH is 2. The molecule has 6 N–H and O–H groups in total. The lowest BCUT2D eigenvalue weighted by atomic mass is 10.1. The molecular formula is C28H42N4O8. The van der Waals surface area contributed by atoms with Crippen LogP contribution in [0.25, 0.3) is 0 Å². The van der Waals surface area contributed by atoms with Crippen molar-refractivity contribution >= 4 is 23.5 Å². The number of benzene rings is 1. The van der Waals surface area contributed by atoms with E-state index in [0.717, 1.165) is 65.1 Å². The van der Waals surface area contributed by atoms with Crippen molar-refractivity contribution in [1.29, 1.82) is 0 Å². The summed E-state index contributed by atoms with van der Waals surface area (Å²) in [6, 6.07) is 13.2. The minimum atomic E-state index is -2.27. The van der Waals surface area contributed by atoms with Gasteiger partial charge in [0.2, 0.25) is 5.91 Å². The number of carbonyl (C=O) groups is 3. The second-order valence-electron chi connectivity index (χ2n) is 9.96. The Balaban J connectivity index is 0.000000439. The molecular weight excluding hydrogens is 520 g/mol. The van der Waals surface area contributed by atoms with Crippen LogP contribution in [0.15, 0.2) is 36.4 Å². The highest BCUT2D eigenvalue weighted by atomic mass is 16.4. The predicted molar refractivity (Wildman–Crippen MR) is 149 cm³/mol. The summed E-state index contributed by atoms with van der Waals surface area (Å²) in [6.07, 6.45) is -0.559. The third-order valence-corrected chi connectivity index (χ3v) is 7.38. The van der Waals surface area contributed by atoms with Crippen LogP contribution in [-0.4, -0.2) is 103 Å². The number of likely N-dealkylation sites (tertiary alicyclic amines) is 1. The van der Waals surface area contributed by atoms with Crippen molar-refractivity contribution in [3.8, 4) is 0 Å². The Hall–Kier alpha value is -3.45. The van der Waals surface area contributed by atoms with E-state index in [4.69, 9.17) is 20.4 Å². The maximum Gasteiger partial charge on any atom is 0.335 e. The zero-order valence-electron chi connectivity index (χ0n) is 23.2. The number of carboxylic acid groups (broad SMARTS) is 2. The Kier molecular flexibility index (Phi) is 12.6. The molecule has 0 radical (unpaired) electrons. The van der Waals surface area contributed by atoms with Gasteiger partial charge in [-0.1, -0.05) is 25.1 Å². The van der Waals surface area contributed by atoms with E-state index in [0.29, 0.717) is 12.3 Å². The van der Waals surface area contributed by atoms with Crippen LogP contribution in [0.1, 0.15) is 43.1 Å². The Bertz CT molecular complexity index is 1110. The van der Waals surface area contributed by atoms with E-state index in [1.165, 1.54) is 22.6 Å². The Morgan fingerprint density at radius 3 is 1.98 bits per heavy atom. The van der Waals surface area contributed by atoms with Crippen LogP contribution in [0.2, 0.25) is 0 Å². The number of anilines is 1. The third-order valence-electron chi connectivity index (χ3n) is 7.38. The van der Waals surface area contributed by atoms with Crippen molar-refractivity contribution in [2.24, 2.45) is 7.05 Å². The number of carboxylic acids is 2. The number of hydrogen-bond donors (Lipinski definition) is 4. The highest BCUT2D eigenvalue weighted by Gasteiger charge is 2.29. The quantitative estimate of drug-likeness (QED) is 0.338. The van der Waals surface area contributed by atoms with Gasteiger partial charge < -0.3 is 40.3 Å². The van der Waals surface area contributed by atoms with E-state index in [-0.39, 0.29) is 5.48 Å². The number of para-hydroxylation sites is 1. The van der Waals surface area contributed by atoms with Crippen LogP contribution in [0.3, 0.4) is 0 Å². The second-order valence-corrected chi connectivity index (χ2v) is 9.96. The molecule has 3 heterocycles. The van der Waals surface area contributed by atoms with Crippen LogP contribution in [0, 0.1) is 0 Å². The molecule has 40 heavy (non-hydrogen) atoms. The van der Waals surface area contributed by atoms with Crippen molar-refractivity contribution in [2.75, 3.05) is 37.6 Å². The number of aliphatic carboxylic acids is 2. The van der Waals surface area contributed by atoms with Gasteiger partial charge in [0.1, 0.15) is 0 Å². The van der Waals surface area contributed by atoms with E-state index in [9.17, 15) is 14.4 Å². The molecule has 0 aliphatic carbocycles. The average Bonchev–Trinajstić information content (AvgIpc) is 3.28. The molecule has 0 spiro atoms. The standard InChI is InChI=1S/C24H34N4O.C4H6O6.H2O/c1-3-20-8-4-5-9-23(20)27-16-14-26(15-17-27)18-21-11-12-22(25(21)2)19-28-13-7-6-10-24(28)29;5-1(3(7)8)2(6)4(9)10;/h4-5,8-9,11-12H,3,6-7,10,13-19H2,1-2H3;1-2,5-6H,(H,7,8)(H,9,10);1H2. The van der Waals surface area contributed by atoms with Crippen molar-refractivity contribution in [3.63, 3.8) is 0 Å². The number of aliphatic hydroxyl groups is 2. The van der Waals surface area contributed by atoms with E-state index >= 15 is 0 Å². The SMILES string of the molecule is CCc1ccccc1N1CCN(Cc2ccc(CN3CCCCC3=O)n2C)CC1.O.O=C(O)C(O)C(O)C(=O)O. The van der Waals surface area contributed by atoms with E-state index in [1.54, 1.807) is 0 Å². The van der Waals surface area contributed by atoms with Gasteiger partial charge in [0.15, 0.2) is 12.2 Å². The third kappa shape index (κ3) is 8.52. The zero-order valence-corrected chi connectivity index (χ0v) is 23.2. The highest BCUT2D eigenvalue weighted by Crippen LogP contribution is 2.23. The van der Waals surface area contributed by atoms with Gasteiger partial charge in [0.25, 0.3) is 0 Å². The molecule has 12 heteroatoms. The van der Waals surface area contributed by atoms with Gasteiger partial charge in [-0.25, -0.2) is 9.59 Å². The molecule has 2 aliphatic heterocycles. The van der Waals surface area contributed by atoms with Crippen molar-refractivity contribution in [2.45, 2.75) is 57.9 Å². The lowest BCUT2D eigenvalue weighted by Crippen LogP contribution is -2.46. The summed E-state index contributed by atoms with van der Waals surface area (Å²) in [5.74, 6) is -3.23. The van der Waals surface area contributed by atoms with Crippen molar-refractivity contribution < 1.29 is 40.3 Å². The summed E-state index contributed by atoms with van der Waals surface area (Å²) in [7, 11) is 2.15. The molecule has 0 bridgehead atoms. The lowest BCUT2D eigenvalue weighted by Gasteiger charge is -2.37. The topological polar surface area (TPSA) is 178 Å². The van der Waals surface area contributed by atoms with Crippen LogP contribution in [0.5, 0.6) is 0 Å². The normalized spacial score (nSPS) is 17.4. The summed E-state index contributed by atoms with van der Waals surface area (Å²) in [5.41, 5.74) is 5.43. The molecule has 0 saturated carbocycles. The molecule has 222 valence electrons. The first-order valence-corrected chi connectivity index (χ1v) is 13.4. The van der Waals surface area contributed by atoms with Gasteiger partial charge in [0, 0.05) is 69.8 Å². The fraction of sp³-hybridized carbons (Fsp3) is 0.536. The molecule has 4 rings (SSSR count). The summed E-state index contributed by atoms with van der Waals surface area (Å²) < 4.78 is 2.29. The Morgan fingerprint density at radius 1 is 0.850 bits per heavy atom. The number of carbonyl (C=O) groups excluding carboxylic acids is 1. The van der Waals surface area contributed by atoms with Crippen molar-refractivity contribution in [3.05, 3.63) is 53.3 Å². The summed E-state index contributed by atoms with van der Waals surface area (Å²) in [6.45, 7) is 9.20. The molecule has 12 nitrogen and oxygen atoms in total. The fourth-order valence-corrected chi connectivity index (χ4v) is 4.91. The van der Waals surface area contributed by atoms with E-state index < -0.39 is 24.1 Å². The fourth-order valence-electron chi connectivity index (χ4n) is 4.91. The molecule has 2 aliphatic rings. The predicted octanol–water partition coefficient (Wildman–Crippen LogP) is 0.475. The summed E-state index contributed by atoms with van der Waals surface area (Å²) >= 11 is 0. The lowest BCUT2D eigenvalue weighted by molar-refractivity contribution is -0.165. The number of piperidine rings is 1. The van der Waals surface area contributed by atoms with Gasteiger partial charge in [-0.15, -0.1) is 0 Å². The Labute approximate surface area is 234 Å². The van der Waals surface area contributed by atoms with Crippen LogP contribution in [-0.2, 0) is 40.9 Å². The van der Waals surface area contributed by atoms with Crippen molar-refractivity contribution in [1.82, 2.24) is 14.4 Å². The van der Waals surface area contributed by atoms with Crippen LogP contribution in [0.4, 0.5) is 5.69 Å². The largest absolute Gasteiger partial charge is 0.479 e. The second kappa shape index (κ2) is 15.4. The average molecular weight is 563 g/mol. The molecule has 2 saturated heterocycles. The number of aromatic nitrogens is 1. The number of piperazine rings is 1. The molecule has 2 unspecified atom stereocenters. The van der Waals surface area contributed by atoms with Crippen LogP contribution < -0.4 is 4.90 Å². The summed E-state index contributed by atoms with van der Waals surface area (Å²) in [5, 5.41) is 32.5. The number of hydrogen-bond acceptors (Lipinski definition) is 7. The van der Waals surface area contributed by atoms with Gasteiger partial charge in [-0.2, -0.15) is 0 Å². The van der Waals surface area contributed by atoms with Gasteiger partial charge in [-0.05, 0) is 43.0 Å². The Morgan fingerprint density at radius 2 is 1.43 bits per heavy atom. The minimum Gasteiger partial charge on any atom is -0.479 e.